The van der Waals surface area contributed by atoms with Gasteiger partial charge < -0.3 is 29.9 Å². The molecule has 2 aromatic carbocycles. The number of piperazine rings is 1. The first-order valence-corrected chi connectivity index (χ1v) is 14.4. The quantitative estimate of drug-likeness (QED) is 0.437. The average molecular weight is 543 g/mol. The Morgan fingerprint density at radius 2 is 2.00 bits per heavy atom. The number of rotatable bonds is 7. The molecule has 0 aliphatic carbocycles. The molecule has 2 fully saturated rings. The van der Waals surface area contributed by atoms with E-state index in [1.165, 1.54) is 18.9 Å². The summed E-state index contributed by atoms with van der Waals surface area (Å²) in [5.41, 5.74) is 3.09. The van der Waals surface area contributed by atoms with Gasteiger partial charge in [-0.05, 0) is 56.7 Å². The molecule has 0 spiro atoms. The zero-order valence-electron chi connectivity index (χ0n) is 23.2. The number of amides is 1. The molecule has 9 heteroatoms. The van der Waals surface area contributed by atoms with Crippen molar-refractivity contribution in [2.75, 3.05) is 49.1 Å². The topological polar surface area (TPSA) is 94.1 Å². The van der Waals surface area contributed by atoms with Crippen molar-refractivity contribution in [3.63, 3.8) is 0 Å². The third-order valence-electron chi connectivity index (χ3n) is 8.34. The van der Waals surface area contributed by atoms with Gasteiger partial charge in [-0.2, -0.15) is 9.97 Å². The fourth-order valence-corrected chi connectivity index (χ4v) is 6.30. The number of phenols is 1. The van der Waals surface area contributed by atoms with Crippen LogP contribution in [-0.2, 0) is 17.8 Å². The maximum Gasteiger partial charge on any atom is 0.318 e. The largest absolute Gasteiger partial charge is 0.508 e. The maximum atomic E-state index is 12.2. The summed E-state index contributed by atoms with van der Waals surface area (Å²) in [5, 5.41) is 16.1. The van der Waals surface area contributed by atoms with Crippen LogP contribution in [0.25, 0.3) is 10.8 Å². The summed E-state index contributed by atoms with van der Waals surface area (Å²) < 4.78 is 6.36. The van der Waals surface area contributed by atoms with Crippen LogP contribution in [0.1, 0.15) is 37.4 Å². The van der Waals surface area contributed by atoms with Gasteiger partial charge in [-0.25, -0.2) is 0 Å². The number of aromatic hydroxyl groups is 1. The summed E-state index contributed by atoms with van der Waals surface area (Å²) >= 11 is 0. The Balaban J connectivity index is 1.30. The second-order valence-electron chi connectivity index (χ2n) is 11.1. The molecule has 1 amide bonds. The second kappa shape index (κ2) is 11.3. The smallest absolute Gasteiger partial charge is 0.318 e. The van der Waals surface area contributed by atoms with Gasteiger partial charge in [0.2, 0.25) is 5.91 Å². The highest BCUT2D eigenvalue weighted by molar-refractivity contribution is 5.95. The van der Waals surface area contributed by atoms with E-state index < -0.39 is 0 Å². The number of hydrogen-bond donors (Lipinski definition) is 2. The van der Waals surface area contributed by atoms with Crippen molar-refractivity contribution in [1.29, 1.82) is 0 Å². The van der Waals surface area contributed by atoms with Gasteiger partial charge >= 0.3 is 6.01 Å². The number of ether oxygens (including phenoxy) is 1. The molecule has 9 nitrogen and oxygen atoms in total. The van der Waals surface area contributed by atoms with Gasteiger partial charge in [-0.15, -0.1) is 0 Å². The Bertz CT molecular complexity index is 1400. The first-order chi connectivity index (χ1) is 19.5. The van der Waals surface area contributed by atoms with Crippen LogP contribution in [0.4, 0.5) is 11.5 Å². The summed E-state index contributed by atoms with van der Waals surface area (Å²) in [4.78, 5) is 28.5. The minimum atomic E-state index is -0.0308. The van der Waals surface area contributed by atoms with Crippen LogP contribution >= 0.6 is 0 Å². The molecule has 40 heavy (non-hydrogen) atoms. The number of benzene rings is 2. The van der Waals surface area contributed by atoms with Crippen LogP contribution in [0.5, 0.6) is 11.8 Å². The predicted octanol–water partition coefficient (Wildman–Crippen LogP) is 3.64. The van der Waals surface area contributed by atoms with Crippen LogP contribution in [-0.4, -0.2) is 77.3 Å². The molecule has 3 aromatic rings. The summed E-state index contributed by atoms with van der Waals surface area (Å²) in [6.45, 7) is 10.8. The summed E-state index contributed by atoms with van der Waals surface area (Å²) in [5.74, 6) is 1.14. The molecule has 6 rings (SSSR count). The molecule has 3 aliphatic heterocycles. The highest BCUT2D eigenvalue weighted by atomic mass is 16.5. The molecule has 2 saturated heterocycles. The van der Waals surface area contributed by atoms with Crippen LogP contribution in [0.3, 0.4) is 0 Å². The van der Waals surface area contributed by atoms with Gasteiger partial charge in [0, 0.05) is 61.5 Å². The number of carbonyl (C=O) groups is 1. The van der Waals surface area contributed by atoms with Crippen LogP contribution < -0.4 is 19.9 Å². The molecule has 0 saturated carbocycles. The summed E-state index contributed by atoms with van der Waals surface area (Å²) in [6.07, 6.45) is 5.44. The number of fused-ring (bicyclic) bond motifs is 2. The normalized spacial score (nSPS) is 19.9. The Kier molecular flexibility index (Phi) is 7.47. The minimum absolute atomic E-state index is 0.0155. The Morgan fingerprint density at radius 3 is 2.77 bits per heavy atom. The van der Waals surface area contributed by atoms with Crippen molar-refractivity contribution in [2.45, 2.75) is 51.3 Å². The second-order valence-corrected chi connectivity index (χ2v) is 11.1. The molecule has 210 valence electrons. The van der Waals surface area contributed by atoms with E-state index in [-0.39, 0.29) is 17.8 Å². The van der Waals surface area contributed by atoms with E-state index in [9.17, 15) is 9.90 Å². The molecule has 0 bridgehead atoms. The molecule has 2 N–H and O–H groups in total. The molecule has 2 atom stereocenters. The highest BCUT2D eigenvalue weighted by Crippen LogP contribution is 2.36. The number of anilines is 2. The van der Waals surface area contributed by atoms with E-state index in [4.69, 9.17) is 14.7 Å². The molecular formula is C31H38N6O3. The van der Waals surface area contributed by atoms with Gasteiger partial charge in [0.15, 0.2) is 0 Å². The maximum absolute atomic E-state index is 12.2. The van der Waals surface area contributed by atoms with Gasteiger partial charge in [0.25, 0.3) is 0 Å². The van der Waals surface area contributed by atoms with E-state index in [0.29, 0.717) is 44.8 Å². The summed E-state index contributed by atoms with van der Waals surface area (Å²) in [7, 11) is 0. The molecular weight excluding hydrogens is 504 g/mol. The molecule has 1 unspecified atom stereocenters. The number of phenolic OH excluding ortho intramolecular Hbond substituents is 1. The lowest BCUT2D eigenvalue weighted by Crippen LogP contribution is -2.49. The third-order valence-corrected chi connectivity index (χ3v) is 8.34. The fraction of sp³-hybridized carbons (Fsp3) is 0.452. The van der Waals surface area contributed by atoms with E-state index >= 15 is 0 Å². The van der Waals surface area contributed by atoms with Crippen LogP contribution in [0, 0.1) is 0 Å². The van der Waals surface area contributed by atoms with Gasteiger partial charge in [-0.1, -0.05) is 30.8 Å². The first-order valence-electron chi connectivity index (χ1n) is 14.4. The van der Waals surface area contributed by atoms with Crippen LogP contribution in [0.15, 0.2) is 49.1 Å². The van der Waals surface area contributed by atoms with Crippen LogP contribution in [0.2, 0.25) is 0 Å². The molecule has 1 aromatic heterocycles. The van der Waals surface area contributed by atoms with Crippen molar-refractivity contribution >= 4 is 28.2 Å². The Hall–Kier alpha value is -3.85. The number of nitrogens with one attached hydrogen (secondary N) is 1. The first kappa shape index (κ1) is 26.4. The van der Waals surface area contributed by atoms with E-state index in [1.807, 2.05) is 29.2 Å². The lowest BCUT2D eigenvalue weighted by Gasteiger charge is -2.38. The predicted molar refractivity (Wildman–Crippen MR) is 157 cm³/mol. The average Bonchev–Trinajstić information content (AvgIpc) is 3.48. The zero-order chi connectivity index (χ0) is 27.6. The minimum Gasteiger partial charge on any atom is -0.508 e. The standard InChI is InChI=1S/C31H38N6O3/c1-3-29(39)35-13-15-36(16-14-35)30-26-10-12-37(28-19-24(38)18-22-7-4-5-9-25(22)28)20-27(26)33-31(34-30)40-21(2)17-23-8-6-11-32-23/h3-5,7,9,18-19,21,23,32,38H,1,6,8,10-17,20H2,2H3/t21-,23?/m1/s1. The van der Waals surface area contributed by atoms with E-state index in [2.05, 4.69) is 34.7 Å². The number of aromatic nitrogens is 2. The van der Waals surface area contributed by atoms with Crippen molar-refractivity contribution in [1.82, 2.24) is 20.2 Å². The van der Waals surface area contributed by atoms with Gasteiger partial charge in [-0.3, -0.25) is 4.79 Å². The van der Waals surface area contributed by atoms with Gasteiger partial charge in [0.05, 0.1) is 12.2 Å². The van der Waals surface area contributed by atoms with Crippen molar-refractivity contribution in [2.24, 2.45) is 0 Å². The SMILES string of the molecule is C=CC(=O)N1CCN(c2nc(O[C@H](C)CC3CCCN3)nc3c2CCN(c2cc(O)cc4ccccc24)C3)CC1. The zero-order valence-corrected chi connectivity index (χ0v) is 23.2. The van der Waals surface area contributed by atoms with Gasteiger partial charge in [0.1, 0.15) is 17.7 Å². The number of nitrogens with zero attached hydrogens (tertiary/aromatic N) is 5. The fourth-order valence-electron chi connectivity index (χ4n) is 6.30. The number of hydrogen-bond acceptors (Lipinski definition) is 8. The Morgan fingerprint density at radius 1 is 1.18 bits per heavy atom. The highest BCUT2D eigenvalue weighted by Gasteiger charge is 2.29. The van der Waals surface area contributed by atoms with Crippen molar-refractivity contribution < 1.29 is 14.6 Å². The monoisotopic (exact) mass is 542 g/mol. The Labute approximate surface area is 235 Å². The van der Waals surface area contributed by atoms with Crippen molar-refractivity contribution in [3.8, 4) is 11.8 Å². The third kappa shape index (κ3) is 5.43. The molecule has 4 heterocycles. The molecule has 0 radical (unpaired) electrons. The van der Waals surface area contributed by atoms with Crippen molar-refractivity contribution in [3.05, 3.63) is 60.3 Å². The molecule has 3 aliphatic rings. The van der Waals surface area contributed by atoms with E-state index in [1.54, 1.807) is 6.07 Å². The lowest BCUT2D eigenvalue weighted by molar-refractivity contribution is -0.126. The van der Waals surface area contributed by atoms with E-state index in [0.717, 1.165) is 59.5 Å². The summed E-state index contributed by atoms with van der Waals surface area (Å²) in [6, 6.07) is 12.7. The lowest BCUT2D eigenvalue weighted by atomic mass is 10.0. The number of carbonyl (C=O) groups excluding carboxylic acids is 1.